The maximum Gasteiger partial charge on any atom is 0.256 e. The second kappa shape index (κ2) is 6.41. The van der Waals surface area contributed by atoms with Crippen LogP contribution in [0.15, 0.2) is 49.1 Å². The van der Waals surface area contributed by atoms with Crippen LogP contribution in [0.2, 0.25) is 0 Å². The zero-order valence-electron chi connectivity index (χ0n) is 16.0. The molecule has 6 nitrogen and oxygen atoms in total. The maximum atomic E-state index is 13.2. The molecular formula is C22H24N4O2. The minimum absolute atomic E-state index is 0.0516. The number of aliphatic hydroxyl groups is 1. The highest BCUT2D eigenvalue weighted by molar-refractivity contribution is 5.96. The molecule has 0 aromatic carbocycles. The number of fused-ring (bicyclic) bond motifs is 3. The van der Waals surface area contributed by atoms with E-state index in [1.807, 2.05) is 42.4 Å². The van der Waals surface area contributed by atoms with Crippen LogP contribution in [0.5, 0.6) is 0 Å². The summed E-state index contributed by atoms with van der Waals surface area (Å²) in [6, 6.07) is 7.86. The number of piperidine rings is 1. The van der Waals surface area contributed by atoms with Gasteiger partial charge in [0.15, 0.2) is 0 Å². The standard InChI is InChI=1S/C22H24N4O2/c1-15-19(3-2-8-24-15)21(27)26-17-4-5-18(26)12-22(28,11-17)14-25-10-7-16-6-9-23-13-20(16)25/h2-3,6-10,13,17-18,28H,4-5,11-12,14H2,1H3/t17-,18-/m1/s1. The third kappa shape index (κ3) is 2.79. The fourth-order valence-electron chi connectivity index (χ4n) is 5.12. The lowest BCUT2D eigenvalue weighted by Gasteiger charge is -2.44. The number of aryl methyl sites for hydroxylation is 1. The summed E-state index contributed by atoms with van der Waals surface area (Å²) < 4.78 is 2.09. The highest BCUT2D eigenvalue weighted by Crippen LogP contribution is 2.42. The van der Waals surface area contributed by atoms with Gasteiger partial charge in [0.1, 0.15) is 0 Å². The van der Waals surface area contributed by atoms with E-state index in [9.17, 15) is 9.90 Å². The predicted octanol–water partition coefficient (Wildman–Crippen LogP) is 2.94. The van der Waals surface area contributed by atoms with Crippen molar-refractivity contribution < 1.29 is 9.90 Å². The topological polar surface area (TPSA) is 71.2 Å². The van der Waals surface area contributed by atoms with E-state index in [-0.39, 0.29) is 18.0 Å². The number of nitrogens with zero attached hydrogens (tertiary/aromatic N) is 4. The van der Waals surface area contributed by atoms with E-state index < -0.39 is 5.60 Å². The predicted molar refractivity (Wildman–Crippen MR) is 106 cm³/mol. The summed E-state index contributed by atoms with van der Waals surface area (Å²) in [6.07, 6.45) is 10.5. The smallest absolute Gasteiger partial charge is 0.256 e. The number of carbonyl (C=O) groups is 1. The van der Waals surface area contributed by atoms with Crippen molar-refractivity contribution in [2.75, 3.05) is 0 Å². The van der Waals surface area contributed by atoms with Crippen molar-refractivity contribution in [3.05, 3.63) is 60.3 Å². The third-order valence-electron chi connectivity index (χ3n) is 6.36. The van der Waals surface area contributed by atoms with Crippen molar-refractivity contribution in [2.45, 2.75) is 56.8 Å². The Kier molecular flexibility index (Phi) is 3.98. The molecule has 0 spiro atoms. The summed E-state index contributed by atoms with van der Waals surface area (Å²) in [5.74, 6) is 0.0516. The zero-order chi connectivity index (χ0) is 19.3. The van der Waals surface area contributed by atoms with Crippen LogP contribution in [0.1, 0.15) is 41.7 Å². The van der Waals surface area contributed by atoms with Gasteiger partial charge in [-0.1, -0.05) is 0 Å². The van der Waals surface area contributed by atoms with E-state index in [4.69, 9.17) is 0 Å². The molecule has 0 aliphatic carbocycles. The number of amides is 1. The Morgan fingerprint density at radius 3 is 2.75 bits per heavy atom. The van der Waals surface area contributed by atoms with Crippen molar-refractivity contribution in [1.29, 1.82) is 0 Å². The molecule has 1 N–H and O–H groups in total. The molecule has 2 aliphatic rings. The normalized spacial score (nSPS) is 26.7. The second-order valence-electron chi connectivity index (χ2n) is 8.24. The summed E-state index contributed by atoms with van der Waals surface area (Å²) in [7, 11) is 0. The van der Waals surface area contributed by atoms with Gasteiger partial charge in [0.2, 0.25) is 0 Å². The molecule has 2 bridgehead atoms. The second-order valence-corrected chi connectivity index (χ2v) is 8.24. The van der Waals surface area contributed by atoms with Crippen LogP contribution < -0.4 is 0 Å². The van der Waals surface area contributed by atoms with Crippen molar-refractivity contribution in [3.8, 4) is 0 Å². The first-order chi connectivity index (χ1) is 13.5. The minimum atomic E-state index is -0.811. The van der Waals surface area contributed by atoms with E-state index in [0.717, 1.165) is 29.4 Å². The molecule has 6 heteroatoms. The monoisotopic (exact) mass is 376 g/mol. The molecule has 0 unspecified atom stereocenters. The van der Waals surface area contributed by atoms with Gasteiger partial charge in [0.05, 0.1) is 29.4 Å². The van der Waals surface area contributed by atoms with Gasteiger partial charge in [-0.2, -0.15) is 0 Å². The Morgan fingerprint density at radius 1 is 1.21 bits per heavy atom. The number of aromatic nitrogens is 3. The largest absolute Gasteiger partial charge is 0.388 e. The summed E-state index contributed by atoms with van der Waals surface area (Å²) in [5, 5.41) is 12.5. The first-order valence-corrected chi connectivity index (χ1v) is 9.90. The lowest BCUT2D eigenvalue weighted by molar-refractivity contribution is -0.0533. The quantitative estimate of drug-likeness (QED) is 0.763. The Balaban J connectivity index is 1.39. The molecule has 2 aliphatic heterocycles. The lowest BCUT2D eigenvalue weighted by atomic mass is 9.85. The molecule has 144 valence electrons. The highest BCUT2D eigenvalue weighted by Gasteiger charge is 2.49. The average Bonchev–Trinajstić information content (AvgIpc) is 3.21. The number of pyridine rings is 2. The minimum Gasteiger partial charge on any atom is -0.388 e. The molecule has 2 saturated heterocycles. The van der Waals surface area contributed by atoms with Gasteiger partial charge in [-0.15, -0.1) is 0 Å². The summed E-state index contributed by atoms with van der Waals surface area (Å²) in [4.78, 5) is 23.7. The van der Waals surface area contributed by atoms with Gasteiger partial charge >= 0.3 is 0 Å². The summed E-state index contributed by atoms with van der Waals surface area (Å²) in [5.41, 5.74) is 1.66. The van der Waals surface area contributed by atoms with Crippen molar-refractivity contribution in [2.24, 2.45) is 0 Å². The van der Waals surface area contributed by atoms with Gasteiger partial charge in [-0.25, -0.2) is 0 Å². The molecule has 3 aromatic heterocycles. The molecule has 1 amide bonds. The molecule has 5 rings (SSSR count). The van der Waals surface area contributed by atoms with Crippen LogP contribution in [-0.2, 0) is 6.54 Å². The Morgan fingerprint density at radius 2 is 2.00 bits per heavy atom. The van der Waals surface area contributed by atoms with Gasteiger partial charge in [-0.05, 0) is 56.9 Å². The molecular weight excluding hydrogens is 352 g/mol. The molecule has 5 heterocycles. The number of hydrogen-bond acceptors (Lipinski definition) is 4. The Hall–Kier alpha value is -2.73. The molecule has 2 fully saturated rings. The number of carbonyl (C=O) groups excluding carboxylic acids is 1. The van der Waals surface area contributed by atoms with Gasteiger partial charge in [0.25, 0.3) is 5.91 Å². The Bertz CT molecular complexity index is 1030. The van der Waals surface area contributed by atoms with E-state index in [0.29, 0.717) is 24.9 Å². The number of rotatable bonds is 3. The summed E-state index contributed by atoms with van der Waals surface area (Å²) in [6.45, 7) is 2.41. The highest BCUT2D eigenvalue weighted by atomic mass is 16.3. The van der Waals surface area contributed by atoms with Gasteiger partial charge < -0.3 is 14.6 Å². The van der Waals surface area contributed by atoms with Crippen molar-refractivity contribution in [3.63, 3.8) is 0 Å². The average molecular weight is 376 g/mol. The first-order valence-electron chi connectivity index (χ1n) is 9.90. The van der Waals surface area contributed by atoms with Gasteiger partial charge in [0, 0.05) is 41.8 Å². The SMILES string of the molecule is Cc1ncccc1C(=O)N1[C@@H]2CC[C@@H]1CC(O)(Cn1ccc3ccncc31)C2. The van der Waals surface area contributed by atoms with Crippen LogP contribution in [0.25, 0.3) is 10.9 Å². The van der Waals surface area contributed by atoms with E-state index in [1.165, 1.54) is 0 Å². The first kappa shape index (κ1) is 17.4. The van der Waals surface area contributed by atoms with Crippen LogP contribution in [0, 0.1) is 6.92 Å². The molecule has 3 aromatic rings. The molecule has 0 saturated carbocycles. The molecule has 28 heavy (non-hydrogen) atoms. The van der Waals surface area contributed by atoms with Crippen LogP contribution in [0.4, 0.5) is 0 Å². The molecule has 0 radical (unpaired) electrons. The van der Waals surface area contributed by atoms with E-state index in [1.54, 1.807) is 12.4 Å². The third-order valence-corrected chi connectivity index (χ3v) is 6.36. The van der Waals surface area contributed by atoms with Crippen LogP contribution in [0.3, 0.4) is 0 Å². The Labute approximate surface area is 163 Å². The maximum absolute atomic E-state index is 13.2. The van der Waals surface area contributed by atoms with Crippen molar-refractivity contribution in [1.82, 2.24) is 19.4 Å². The van der Waals surface area contributed by atoms with Crippen molar-refractivity contribution >= 4 is 16.8 Å². The lowest BCUT2D eigenvalue weighted by Crippen LogP contribution is -2.54. The fourth-order valence-corrected chi connectivity index (χ4v) is 5.12. The van der Waals surface area contributed by atoms with Crippen LogP contribution in [-0.4, -0.2) is 48.1 Å². The van der Waals surface area contributed by atoms with Crippen LogP contribution >= 0.6 is 0 Å². The zero-order valence-corrected chi connectivity index (χ0v) is 16.0. The van der Waals surface area contributed by atoms with E-state index in [2.05, 4.69) is 20.6 Å². The van der Waals surface area contributed by atoms with Gasteiger partial charge in [-0.3, -0.25) is 14.8 Å². The summed E-state index contributed by atoms with van der Waals surface area (Å²) >= 11 is 0. The van der Waals surface area contributed by atoms with E-state index >= 15 is 0 Å². The fraction of sp³-hybridized carbons (Fsp3) is 0.409. The molecule has 2 atom stereocenters. The number of hydrogen-bond donors (Lipinski definition) is 1.